The van der Waals surface area contributed by atoms with E-state index in [0.29, 0.717) is 0 Å². The Bertz CT molecular complexity index is 525. The molecule has 0 radical (unpaired) electrons. The topological polar surface area (TPSA) is 72.8 Å². The molecule has 1 aromatic carbocycles. The minimum Gasteiger partial charge on any atom is -0.395 e. The van der Waals surface area contributed by atoms with Crippen molar-refractivity contribution in [3.05, 3.63) is 23.5 Å². The van der Waals surface area contributed by atoms with Crippen molar-refractivity contribution in [1.82, 2.24) is 0 Å². The summed E-state index contributed by atoms with van der Waals surface area (Å²) in [6.45, 7) is -1.33. The molecule has 2 rings (SSSR count). The van der Waals surface area contributed by atoms with Crippen molar-refractivity contribution in [3.8, 4) is 0 Å². The molecule has 0 saturated heterocycles. The number of halogens is 3. The molecule has 1 amide bonds. The molecular formula is C12H13F3N2O3. The van der Waals surface area contributed by atoms with Gasteiger partial charge in [-0.3, -0.25) is 4.79 Å². The molecule has 0 aliphatic carbocycles. The lowest BCUT2D eigenvalue weighted by Gasteiger charge is -2.24. The van der Waals surface area contributed by atoms with E-state index in [-0.39, 0.29) is 23.5 Å². The van der Waals surface area contributed by atoms with Crippen molar-refractivity contribution in [2.45, 2.75) is 12.5 Å². The highest BCUT2D eigenvalue weighted by Crippen LogP contribution is 2.36. The van der Waals surface area contributed by atoms with Crippen molar-refractivity contribution in [2.75, 3.05) is 29.9 Å². The Morgan fingerprint density at radius 1 is 1.40 bits per heavy atom. The zero-order valence-corrected chi connectivity index (χ0v) is 10.3. The standard InChI is InChI=1S/C12H13F3N2O3/c13-7-3-6-8(16-12(20)11(6)19)4-9(7)17(1-2-18)5-10(14)15/h3-4,10-11,18-19H,1-2,5H2,(H,16,20). The van der Waals surface area contributed by atoms with Gasteiger partial charge in [0.25, 0.3) is 12.3 Å². The molecule has 110 valence electrons. The summed E-state index contributed by atoms with van der Waals surface area (Å²) in [6, 6.07) is 2.11. The summed E-state index contributed by atoms with van der Waals surface area (Å²) in [4.78, 5) is 12.3. The number of amides is 1. The number of hydrogen-bond donors (Lipinski definition) is 3. The zero-order valence-electron chi connectivity index (χ0n) is 10.3. The van der Waals surface area contributed by atoms with Crippen LogP contribution in [-0.4, -0.2) is 42.2 Å². The van der Waals surface area contributed by atoms with Crippen LogP contribution in [0.2, 0.25) is 0 Å². The maximum absolute atomic E-state index is 14.0. The van der Waals surface area contributed by atoms with Crippen LogP contribution < -0.4 is 10.2 Å². The van der Waals surface area contributed by atoms with Gasteiger partial charge in [-0.15, -0.1) is 0 Å². The van der Waals surface area contributed by atoms with Crippen LogP contribution in [0.15, 0.2) is 12.1 Å². The highest BCUT2D eigenvalue weighted by atomic mass is 19.3. The molecule has 1 aliphatic heterocycles. The molecule has 0 fully saturated rings. The van der Waals surface area contributed by atoms with Crippen LogP contribution in [0.3, 0.4) is 0 Å². The average molecular weight is 290 g/mol. The summed E-state index contributed by atoms with van der Waals surface area (Å²) in [5, 5.41) is 20.7. The third kappa shape index (κ3) is 2.70. The molecule has 1 aromatic rings. The van der Waals surface area contributed by atoms with Crippen LogP contribution in [0.4, 0.5) is 24.5 Å². The first-order valence-electron chi connectivity index (χ1n) is 5.90. The van der Waals surface area contributed by atoms with Gasteiger partial charge < -0.3 is 20.4 Å². The summed E-state index contributed by atoms with van der Waals surface area (Å²) in [5.41, 5.74) is 0.0841. The Balaban J connectivity index is 2.37. The van der Waals surface area contributed by atoms with Crippen molar-refractivity contribution in [2.24, 2.45) is 0 Å². The van der Waals surface area contributed by atoms with Gasteiger partial charge in [0.05, 0.1) is 18.8 Å². The van der Waals surface area contributed by atoms with Crippen molar-refractivity contribution >= 4 is 17.3 Å². The number of carbonyl (C=O) groups excluding carboxylic acids is 1. The van der Waals surface area contributed by atoms with Gasteiger partial charge in [-0.05, 0) is 12.1 Å². The van der Waals surface area contributed by atoms with Gasteiger partial charge >= 0.3 is 0 Å². The van der Waals surface area contributed by atoms with Crippen LogP contribution >= 0.6 is 0 Å². The predicted molar refractivity (Wildman–Crippen MR) is 65.3 cm³/mol. The zero-order chi connectivity index (χ0) is 14.9. The molecular weight excluding hydrogens is 277 g/mol. The summed E-state index contributed by atoms with van der Waals surface area (Å²) in [6.07, 6.45) is -4.16. The lowest BCUT2D eigenvalue weighted by molar-refractivity contribution is -0.123. The molecule has 3 N–H and O–H groups in total. The predicted octanol–water partition coefficient (Wildman–Crippen LogP) is 0.875. The second kappa shape index (κ2) is 5.68. The third-order valence-corrected chi connectivity index (χ3v) is 2.99. The normalized spacial score (nSPS) is 17.3. The molecule has 0 spiro atoms. The number of aliphatic hydroxyl groups excluding tert-OH is 2. The Morgan fingerprint density at radius 3 is 2.70 bits per heavy atom. The number of aliphatic hydroxyl groups is 2. The van der Waals surface area contributed by atoms with Gasteiger partial charge in [0.1, 0.15) is 5.82 Å². The molecule has 1 atom stereocenters. The number of hydrogen-bond acceptors (Lipinski definition) is 4. The third-order valence-electron chi connectivity index (χ3n) is 2.99. The van der Waals surface area contributed by atoms with Crippen molar-refractivity contribution < 1.29 is 28.2 Å². The van der Waals surface area contributed by atoms with Crippen molar-refractivity contribution in [3.63, 3.8) is 0 Å². The van der Waals surface area contributed by atoms with E-state index in [1.54, 1.807) is 0 Å². The molecule has 1 heterocycles. The molecule has 0 saturated carbocycles. The number of nitrogens with zero attached hydrogens (tertiary/aromatic N) is 1. The number of anilines is 2. The quantitative estimate of drug-likeness (QED) is 0.752. The van der Waals surface area contributed by atoms with E-state index in [0.717, 1.165) is 11.0 Å². The van der Waals surface area contributed by atoms with Gasteiger partial charge in [-0.2, -0.15) is 0 Å². The maximum Gasteiger partial charge on any atom is 0.257 e. The van der Waals surface area contributed by atoms with Crippen LogP contribution in [0.1, 0.15) is 11.7 Å². The Kier molecular flexibility index (Phi) is 4.15. The molecule has 8 heteroatoms. The van der Waals surface area contributed by atoms with E-state index in [1.165, 1.54) is 6.07 Å². The van der Waals surface area contributed by atoms with Crippen LogP contribution in [0.5, 0.6) is 0 Å². The Morgan fingerprint density at radius 2 is 2.10 bits per heavy atom. The highest BCUT2D eigenvalue weighted by Gasteiger charge is 2.31. The Hall–Kier alpha value is -1.80. The van der Waals surface area contributed by atoms with E-state index >= 15 is 0 Å². The van der Waals surface area contributed by atoms with Gasteiger partial charge in [-0.1, -0.05) is 0 Å². The van der Waals surface area contributed by atoms with Crippen molar-refractivity contribution in [1.29, 1.82) is 0 Å². The minimum absolute atomic E-state index is 0.0669. The van der Waals surface area contributed by atoms with Crippen LogP contribution in [0.25, 0.3) is 0 Å². The SMILES string of the molecule is O=C1Nc2cc(N(CCO)CC(F)F)c(F)cc2C1O. The van der Waals surface area contributed by atoms with E-state index in [9.17, 15) is 23.1 Å². The highest BCUT2D eigenvalue weighted by molar-refractivity contribution is 6.02. The number of benzene rings is 1. The molecule has 1 aliphatic rings. The van der Waals surface area contributed by atoms with Crippen LogP contribution in [0, 0.1) is 5.82 Å². The first kappa shape index (κ1) is 14.6. The largest absolute Gasteiger partial charge is 0.395 e. The molecule has 1 unspecified atom stereocenters. The lowest BCUT2D eigenvalue weighted by atomic mass is 10.1. The second-order valence-corrected chi connectivity index (χ2v) is 4.34. The molecule has 0 bridgehead atoms. The van der Waals surface area contributed by atoms with E-state index < -0.39 is 37.4 Å². The van der Waals surface area contributed by atoms with Gasteiger partial charge in [0.15, 0.2) is 6.10 Å². The summed E-state index contributed by atoms with van der Waals surface area (Å²) < 4.78 is 38.9. The van der Waals surface area contributed by atoms with Crippen LogP contribution in [-0.2, 0) is 4.79 Å². The first-order chi connectivity index (χ1) is 9.43. The number of nitrogens with one attached hydrogen (secondary N) is 1. The molecule has 5 nitrogen and oxygen atoms in total. The van der Waals surface area contributed by atoms with Gasteiger partial charge in [0.2, 0.25) is 0 Å². The van der Waals surface area contributed by atoms with Gasteiger partial charge in [-0.25, -0.2) is 13.2 Å². The fraction of sp³-hybridized carbons (Fsp3) is 0.417. The lowest BCUT2D eigenvalue weighted by Crippen LogP contribution is -2.32. The van der Waals surface area contributed by atoms with Gasteiger partial charge in [0, 0.05) is 17.8 Å². The van der Waals surface area contributed by atoms with E-state index in [1.807, 2.05) is 0 Å². The summed E-state index contributed by atoms with van der Waals surface area (Å²) in [5.74, 6) is -1.53. The number of fused-ring (bicyclic) bond motifs is 1. The summed E-state index contributed by atoms with van der Waals surface area (Å²) in [7, 11) is 0. The number of carbonyl (C=O) groups is 1. The van der Waals surface area contributed by atoms with E-state index in [2.05, 4.69) is 5.32 Å². The number of alkyl halides is 2. The fourth-order valence-corrected chi connectivity index (χ4v) is 2.09. The molecule has 0 aromatic heterocycles. The average Bonchev–Trinajstić information content (AvgIpc) is 2.64. The van der Waals surface area contributed by atoms with E-state index in [4.69, 9.17) is 5.11 Å². The maximum atomic E-state index is 14.0. The molecule has 20 heavy (non-hydrogen) atoms. The summed E-state index contributed by atoms with van der Waals surface area (Å²) >= 11 is 0. The smallest absolute Gasteiger partial charge is 0.257 e. The second-order valence-electron chi connectivity index (χ2n) is 4.34. The first-order valence-corrected chi connectivity index (χ1v) is 5.90. The number of rotatable bonds is 5. The fourth-order valence-electron chi connectivity index (χ4n) is 2.09. The minimum atomic E-state index is -2.70. The Labute approximate surface area is 112 Å². The monoisotopic (exact) mass is 290 g/mol.